The Labute approximate surface area is 119 Å². The average Bonchev–Trinajstić information content (AvgIpc) is 2.41. The smallest absolute Gasteiger partial charge is 0.478 e. The van der Waals surface area contributed by atoms with Gasteiger partial charge in [-0.05, 0) is 24.3 Å². The van der Waals surface area contributed by atoms with E-state index in [0.717, 1.165) is 0 Å². The summed E-state index contributed by atoms with van der Waals surface area (Å²) in [4.78, 5) is 27.6. The van der Waals surface area contributed by atoms with Crippen LogP contribution in [-0.2, 0) is 17.1 Å². The van der Waals surface area contributed by atoms with E-state index >= 15 is 0 Å². The molecule has 6 nitrogen and oxygen atoms in total. The summed E-state index contributed by atoms with van der Waals surface area (Å²) in [6.45, 7) is 0. The zero-order valence-corrected chi connectivity index (χ0v) is 10.7. The first-order valence-electron chi connectivity index (χ1n) is 4.88. The van der Waals surface area contributed by atoms with Crippen LogP contribution in [0.15, 0.2) is 49.1 Å². The van der Waals surface area contributed by atoms with Gasteiger partial charge in [0.05, 0.1) is 11.1 Å². The van der Waals surface area contributed by atoms with Gasteiger partial charge in [-0.15, -0.1) is 0 Å². The molecule has 0 fully saturated rings. The Kier molecular flexibility index (Phi) is 7.76. The predicted molar refractivity (Wildman–Crippen MR) is 62.4 cm³/mol. The molecule has 0 bridgehead atoms. The van der Waals surface area contributed by atoms with Gasteiger partial charge in [0.1, 0.15) is 0 Å². The molecular weight excluding hydrogens is 292 g/mol. The van der Waals surface area contributed by atoms with Crippen LogP contribution in [0.3, 0.4) is 0 Å². The minimum absolute atomic E-state index is 0. The molecule has 0 radical (unpaired) electrons. The van der Waals surface area contributed by atoms with E-state index in [4.69, 9.17) is 10.2 Å². The molecule has 2 N–H and O–H groups in total. The number of aromatic carboxylic acids is 2. The second kappa shape index (κ2) is 8.79. The normalized spacial score (nSPS) is 8.42. The van der Waals surface area contributed by atoms with E-state index in [1.807, 2.05) is 0 Å². The molecule has 0 atom stereocenters. The number of carbonyl (C=O) groups is 2. The molecule has 98 valence electrons. The summed E-state index contributed by atoms with van der Waals surface area (Å²) in [5.41, 5.74) is 0.440. The Morgan fingerprint density at radius 2 is 1.21 bits per heavy atom. The molecule has 0 aromatic carbocycles. The van der Waals surface area contributed by atoms with Gasteiger partial charge in [0.25, 0.3) is 0 Å². The fraction of sp³-hybridized carbons (Fsp3) is 0. The van der Waals surface area contributed by atoms with Crippen molar-refractivity contribution < 1.29 is 36.9 Å². The molecule has 2 aromatic rings. The third-order valence-electron chi connectivity index (χ3n) is 1.82. The van der Waals surface area contributed by atoms with Crippen LogP contribution >= 0.6 is 0 Å². The van der Waals surface area contributed by atoms with Gasteiger partial charge in [-0.25, -0.2) is 9.59 Å². The molecule has 0 unspecified atom stereocenters. The standard InChI is InChI=1S/2C6H5NO2.Fe/c2*8-6(9)5-2-1-3-7-4-5;/h2*1-4H,(H,8,9);/q;;+2. The van der Waals surface area contributed by atoms with Crippen molar-refractivity contribution in [3.8, 4) is 0 Å². The molecule has 2 rings (SSSR count). The van der Waals surface area contributed by atoms with Crippen molar-refractivity contribution in [1.29, 1.82) is 0 Å². The van der Waals surface area contributed by atoms with Crippen LogP contribution in [0, 0.1) is 0 Å². The van der Waals surface area contributed by atoms with Crippen LogP contribution in [-0.4, -0.2) is 32.1 Å². The van der Waals surface area contributed by atoms with Crippen molar-refractivity contribution in [2.24, 2.45) is 0 Å². The number of hydrogen-bond donors (Lipinski definition) is 2. The minimum atomic E-state index is -0.942. The van der Waals surface area contributed by atoms with Crippen LogP contribution in [0.4, 0.5) is 0 Å². The van der Waals surface area contributed by atoms with Crippen LogP contribution in [0.5, 0.6) is 0 Å². The average molecular weight is 302 g/mol. The summed E-state index contributed by atoms with van der Waals surface area (Å²) in [5, 5.41) is 16.7. The molecule has 0 saturated heterocycles. The van der Waals surface area contributed by atoms with Gasteiger partial charge in [0.2, 0.25) is 0 Å². The van der Waals surface area contributed by atoms with Crippen LogP contribution in [0.25, 0.3) is 0 Å². The molecule has 0 spiro atoms. The molecule has 0 aliphatic rings. The number of carboxylic acid groups (broad SMARTS) is 2. The molecule has 2 heterocycles. The van der Waals surface area contributed by atoms with Gasteiger partial charge in [-0.1, -0.05) is 0 Å². The maximum atomic E-state index is 10.2. The van der Waals surface area contributed by atoms with Crippen molar-refractivity contribution in [2.45, 2.75) is 0 Å². The van der Waals surface area contributed by atoms with Gasteiger partial charge in [-0.2, -0.15) is 0 Å². The first kappa shape index (κ1) is 16.8. The zero-order valence-electron chi connectivity index (χ0n) is 9.58. The van der Waals surface area contributed by atoms with E-state index < -0.39 is 11.9 Å². The van der Waals surface area contributed by atoms with Crippen LogP contribution < -0.4 is 0 Å². The summed E-state index contributed by atoms with van der Waals surface area (Å²) in [6.07, 6.45) is 5.68. The van der Waals surface area contributed by atoms with Crippen molar-refractivity contribution in [3.05, 3.63) is 60.2 Å². The second-order valence-corrected chi connectivity index (χ2v) is 3.09. The van der Waals surface area contributed by atoms with E-state index in [9.17, 15) is 9.59 Å². The maximum Gasteiger partial charge on any atom is 2.00 e. The van der Waals surface area contributed by atoms with Gasteiger partial charge in [-0.3, -0.25) is 9.97 Å². The summed E-state index contributed by atoms with van der Waals surface area (Å²) >= 11 is 0. The van der Waals surface area contributed by atoms with Gasteiger partial charge >= 0.3 is 29.0 Å². The number of rotatable bonds is 2. The first-order chi connectivity index (χ1) is 8.61. The molecular formula is C12H10FeN2O4+2. The number of aromatic nitrogens is 2. The molecule has 0 aliphatic heterocycles. The summed E-state index contributed by atoms with van der Waals surface area (Å²) in [5.74, 6) is -1.88. The fourth-order valence-corrected chi connectivity index (χ4v) is 0.979. The summed E-state index contributed by atoms with van der Waals surface area (Å²) < 4.78 is 0. The van der Waals surface area contributed by atoms with E-state index in [2.05, 4.69) is 9.97 Å². The third kappa shape index (κ3) is 6.30. The van der Waals surface area contributed by atoms with Crippen molar-refractivity contribution in [1.82, 2.24) is 9.97 Å². The third-order valence-corrected chi connectivity index (χ3v) is 1.82. The van der Waals surface area contributed by atoms with E-state index in [1.165, 1.54) is 36.9 Å². The van der Waals surface area contributed by atoms with Crippen LogP contribution in [0.2, 0.25) is 0 Å². The van der Waals surface area contributed by atoms with Crippen molar-refractivity contribution in [3.63, 3.8) is 0 Å². The molecule has 0 amide bonds. The zero-order chi connectivity index (χ0) is 13.4. The Bertz CT molecular complexity index is 470. The molecule has 7 heteroatoms. The number of pyridine rings is 2. The molecule has 19 heavy (non-hydrogen) atoms. The number of nitrogens with zero attached hydrogens (tertiary/aromatic N) is 2. The molecule has 0 saturated carbocycles. The summed E-state index contributed by atoms with van der Waals surface area (Å²) in [6, 6.07) is 6.16. The SMILES string of the molecule is O=C(O)c1cccnc1.O=C(O)c1cccnc1.[Fe+2]. The van der Waals surface area contributed by atoms with Gasteiger partial charge in [0, 0.05) is 24.8 Å². The van der Waals surface area contributed by atoms with Crippen molar-refractivity contribution in [2.75, 3.05) is 0 Å². The Morgan fingerprint density at radius 1 is 0.842 bits per heavy atom. The Hall–Kier alpha value is -2.24. The topological polar surface area (TPSA) is 100 Å². The fourth-order valence-electron chi connectivity index (χ4n) is 0.979. The van der Waals surface area contributed by atoms with E-state index in [0.29, 0.717) is 0 Å². The number of carboxylic acids is 2. The quantitative estimate of drug-likeness (QED) is 0.816. The Morgan fingerprint density at radius 3 is 1.37 bits per heavy atom. The largest absolute Gasteiger partial charge is 2.00 e. The summed E-state index contributed by atoms with van der Waals surface area (Å²) in [7, 11) is 0. The molecule has 0 aliphatic carbocycles. The van der Waals surface area contributed by atoms with Crippen LogP contribution in [0.1, 0.15) is 20.7 Å². The predicted octanol–water partition coefficient (Wildman–Crippen LogP) is 1.56. The molecule has 2 aromatic heterocycles. The van der Waals surface area contributed by atoms with E-state index in [-0.39, 0.29) is 28.2 Å². The first-order valence-corrected chi connectivity index (χ1v) is 4.88. The minimum Gasteiger partial charge on any atom is -0.478 e. The van der Waals surface area contributed by atoms with E-state index in [1.54, 1.807) is 12.1 Å². The van der Waals surface area contributed by atoms with Gasteiger partial charge < -0.3 is 10.2 Å². The second-order valence-electron chi connectivity index (χ2n) is 3.09. The Balaban J connectivity index is 0.000000324. The number of hydrogen-bond acceptors (Lipinski definition) is 4. The van der Waals surface area contributed by atoms with Crippen molar-refractivity contribution >= 4 is 11.9 Å². The maximum absolute atomic E-state index is 10.2. The van der Waals surface area contributed by atoms with Gasteiger partial charge in [0.15, 0.2) is 0 Å². The monoisotopic (exact) mass is 302 g/mol.